The number of sulfonamides is 1. The molecule has 0 fully saturated rings. The second-order valence-corrected chi connectivity index (χ2v) is 11.7. The molecular formula is C21H16Br4N2O4S. The van der Waals surface area contributed by atoms with Crippen molar-refractivity contribution in [2.24, 2.45) is 5.84 Å². The van der Waals surface area contributed by atoms with Gasteiger partial charge in [-0.2, -0.15) is 4.83 Å². The monoisotopic (exact) mass is 708 g/mol. The second-order valence-electron chi connectivity index (χ2n) is 6.73. The summed E-state index contributed by atoms with van der Waals surface area (Å²) < 4.78 is 27.1. The Hall–Kier alpha value is -1.21. The van der Waals surface area contributed by atoms with E-state index in [-0.39, 0.29) is 16.4 Å². The van der Waals surface area contributed by atoms with E-state index in [9.17, 15) is 18.6 Å². The van der Waals surface area contributed by atoms with Crippen molar-refractivity contribution >= 4 is 85.9 Å². The van der Waals surface area contributed by atoms with Gasteiger partial charge in [0.1, 0.15) is 11.5 Å². The average Bonchev–Trinajstić information content (AvgIpc) is 2.78. The quantitative estimate of drug-likeness (QED) is 0.239. The molecule has 3 aromatic carbocycles. The first-order chi connectivity index (χ1) is 14.9. The molecule has 0 bridgehead atoms. The molecule has 0 amide bonds. The largest absolute Gasteiger partial charge is 0.506 e. The highest BCUT2D eigenvalue weighted by molar-refractivity contribution is 9.11. The van der Waals surface area contributed by atoms with E-state index in [4.69, 9.17) is 5.84 Å². The molecule has 6 nitrogen and oxygen atoms in total. The third-order valence-corrected chi connectivity index (χ3v) is 9.15. The Balaban J connectivity index is 2.69. The fourth-order valence-corrected chi connectivity index (χ4v) is 6.33. The van der Waals surface area contributed by atoms with Crippen LogP contribution in [0.15, 0.2) is 59.2 Å². The summed E-state index contributed by atoms with van der Waals surface area (Å²) in [4.78, 5) is 1.83. The van der Waals surface area contributed by atoms with Gasteiger partial charge in [-0.1, -0.05) is 24.8 Å². The van der Waals surface area contributed by atoms with Crippen LogP contribution in [0.1, 0.15) is 16.7 Å². The Kier molecular flexibility index (Phi) is 7.60. The van der Waals surface area contributed by atoms with Crippen LogP contribution in [-0.4, -0.2) is 18.6 Å². The molecule has 3 aromatic rings. The zero-order valence-electron chi connectivity index (χ0n) is 16.4. The summed E-state index contributed by atoms with van der Waals surface area (Å²) >= 11 is 13.5. The molecule has 0 aromatic heterocycles. The van der Waals surface area contributed by atoms with Crippen molar-refractivity contribution in [1.29, 1.82) is 0 Å². The molecular weight excluding hydrogens is 696 g/mol. The number of hydrazine groups is 1. The molecule has 0 atom stereocenters. The highest BCUT2D eigenvalue weighted by atomic mass is 79.9. The van der Waals surface area contributed by atoms with Gasteiger partial charge in [-0.3, -0.25) is 5.84 Å². The van der Waals surface area contributed by atoms with E-state index < -0.39 is 10.0 Å². The number of nitrogens with one attached hydrogen (secondary N) is 1. The van der Waals surface area contributed by atoms with Crippen molar-refractivity contribution in [2.45, 2.75) is 11.8 Å². The highest BCUT2D eigenvalue weighted by Gasteiger charge is 2.24. The van der Waals surface area contributed by atoms with Gasteiger partial charge in [-0.25, -0.2) is 8.42 Å². The number of hydrogen-bond donors (Lipinski definition) is 4. The van der Waals surface area contributed by atoms with Crippen molar-refractivity contribution in [2.75, 3.05) is 0 Å². The van der Waals surface area contributed by atoms with Crippen LogP contribution in [0.25, 0.3) is 12.2 Å². The smallest absolute Gasteiger partial charge is 0.253 e. The normalized spacial score (nSPS) is 12.7. The van der Waals surface area contributed by atoms with Crippen LogP contribution in [0.5, 0.6) is 11.5 Å². The average molecular weight is 712 g/mol. The molecule has 5 N–H and O–H groups in total. The number of phenolic OH excluding ortho intramolecular Hbond substituents is 2. The molecule has 0 radical (unpaired) electrons. The van der Waals surface area contributed by atoms with Crippen LogP contribution in [0.3, 0.4) is 0 Å². The lowest BCUT2D eigenvalue weighted by molar-refractivity contribution is 0.467. The van der Waals surface area contributed by atoms with E-state index in [0.717, 1.165) is 0 Å². The molecule has 0 unspecified atom stereocenters. The van der Waals surface area contributed by atoms with Crippen LogP contribution in [0, 0.1) is 6.92 Å². The Labute approximate surface area is 218 Å². The van der Waals surface area contributed by atoms with Gasteiger partial charge in [-0.15, -0.1) is 0 Å². The summed E-state index contributed by atoms with van der Waals surface area (Å²) in [7, 11) is -4.03. The third-order valence-electron chi connectivity index (χ3n) is 4.87. The topological polar surface area (TPSA) is 113 Å². The van der Waals surface area contributed by atoms with Crippen molar-refractivity contribution in [1.82, 2.24) is 4.83 Å². The minimum atomic E-state index is -4.03. The molecule has 0 heterocycles. The summed E-state index contributed by atoms with van der Waals surface area (Å²) in [6, 6.07) is 9.75. The van der Waals surface area contributed by atoms with Crippen molar-refractivity contribution in [3.05, 3.63) is 81.4 Å². The summed E-state index contributed by atoms with van der Waals surface area (Å²) in [5.74, 6) is 5.30. The van der Waals surface area contributed by atoms with Gasteiger partial charge in [0.2, 0.25) is 0 Å². The maximum atomic E-state index is 12.8. The first-order valence-electron chi connectivity index (χ1n) is 8.82. The van der Waals surface area contributed by atoms with Gasteiger partial charge in [0.15, 0.2) is 0 Å². The number of rotatable bonds is 4. The van der Waals surface area contributed by atoms with E-state index in [1.165, 1.54) is 6.07 Å². The fraction of sp³-hybridized carbons (Fsp3) is 0.0476. The zero-order chi connectivity index (χ0) is 24.0. The number of aromatic hydroxyl groups is 2. The molecule has 32 heavy (non-hydrogen) atoms. The molecule has 0 saturated heterocycles. The fourth-order valence-electron chi connectivity index (χ4n) is 3.24. The third kappa shape index (κ3) is 4.44. The van der Waals surface area contributed by atoms with Gasteiger partial charge in [-0.05, 0) is 116 Å². The van der Waals surface area contributed by atoms with E-state index in [1.807, 2.05) is 4.83 Å². The summed E-state index contributed by atoms with van der Waals surface area (Å²) in [6.45, 7) is 5.88. The minimum Gasteiger partial charge on any atom is -0.506 e. The molecule has 0 saturated carbocycles. The Morgan fingerprint density at radius 3 is 2.16 bits per heavy atom. The second kappa shape index (κ2) is 9.57. The summed E-state index contributed by atoms with van der Waals surface area (Å²) in [5, 5.41) is 21.7. The first kappa shape index (κ1) is 25.4. The number of halogens is 4. The van der Waals surface area contributed by atoms with Crippen LogP contribution < -0.4 is 21.1 Å². The van der Waals surface area contributed by atoms with E-state index >= 15 is 0 Å². The molecule has 3 rings (SSSR count). The van der Waals surface area contributed by atoms with Gasteiger partial charge < -0.3 is 10.2 Å². The molecule has 0 spiro atoms. The maximum Gasteiger partial charge on any atom is 0.253 e. The van der Waals surface area contributed by atoms with E-state index in [0.29, 0.717) is 50.6 Å². The summed E-state index contributed by atoms with van der Waals surface area (Å²) in [5.41, 5.74) is 2.14. The van der Waals surface area contributed by atoms with Gasteiger partial charge in [0.05, 0.1) is 22.8 Å². The van der Waals surface area contributed by atoms with Crippen LogP contribution in [-0.2, 0) is 10.0 Å². The van der Waals surface area contributed by atoms with Crippen LogP contribution >= 0.6 is 63.7 Å². The maximum absolute atomic E-state index is 12.8. The molecule has 0 aliphatic carbocycles. The van der Waals surface area contributed by atoms with E-state index in [1.54, 1.807) is 37.3 Å². The predicted molar refractivity (Wildman–Crippen MR) is 139 cm³/mol. The lowest BCUT2D eigenvalue weighted by Crippen LogP contribution is -2.32. The van der Waals surface area contributed by atoms with Gasteiger partial charge in [0.25, 0.3) is 10.0 Å². The number of phenols is 2. The number of nitrogens with two attached hydrogens (primary N) is 1. The standard InChI is InChI=1S/C21H16Br4N2O4S/c1-9-12(7-14(22)20(28)18(9)24)17(13-8-15(23)21(29)19(25)10(13)2)11-5-3-4-6-16(11)32(30,31)27-26/h3-8,27-29H,1,26H2,2H3. The van der Waals surface area contributed by atoms with Gasteiger partial charge >= 0.3 is 0 Å². The first-order valence-corrected chi connectivity index (χ1v) is 13.5. The predicted octanol–water partition coefficient (Wildman–Crippen LogP) is 4.27. The zero-order valence-corrected chi connectivity index (χ0v) is 23.5. The molecule has 11 heteroatoms. The van der Waals surface area contributed by atoms with Crippen LogP contribution in [0.2, 0.25) is 0 Å². The number of hydrogen-bond acceptors (Lipinski definition) is 5. The van der Waals surface area contributed by atoms with Gasteiger partial charge in [0, 0.05) is 5.56 Å². The molecule has 0 aliphatic rings. The minimum absolute atomic E-state index is 0.0121. The molecule has 168 valence electrons. The van der Waals surface area contributed by atoms with E-state index in [2.05, 4.69) is 70.3 Å². The Morgan fingerprint density at radius 2 is 1.53 bits per heavy atom. The lowest BCUT2D eigenvalue weighted by atomic mass is 9.91. The Bertz CT molecular complexity index is 1470. The SMILES string of the molecule is C=c1c(Br)c(O)c(Br)cc1=C(c1ccccc1S(=O)(=O)NN)c1cc(Br)c(O)c(Br)c1C. The van der Waals surface area contributed by atoms with Crippen molar-refractivity contribution in [3.8, 4) is 11.5 Å². The highest BCUT2D eigenvalue weighted by Crippen LogP contribution is 2.41. The van der Waals surface area contributed by atoms with Crippen LogP contribution in [0.4, 0.5) is 0 Å². The Morgan fingerprint density at radius 1 is 0.969 bits per heavy atom. The lowest BCUT2D eigenvalue weighted by Gasteiger charge is -2.18. The summed E-state index contributed by atoms with van der Waals surface area (Å²) in [6.07, 6.45) is 0. The molecule has 0 aliphatic heterocycles. The van der Waals surface area contributed by atoms with Crippen molar-refractivity contribution < 1.29 is 18.6 Å². The van der Waals surface area contributed by atoms with Crippen molar-refractivity contribution in [3.63, 3.8) is 0 Å². The number of benzene rings is 3.